The van der Waals surface area contributed by atoms with E-state index in [1.54, 1.807) is 6.92 Å². The maximum Gasteiger partial charge on any atom is 0.316 e. The summed E-state index contributed by atoms with van der Waals surface area (Å²) in [7, 11) is -3.94. The van der Waals surface area contributed by atoms with E-state index in [0.717, 1.165) is 23.1 Å². The molecule has 1 aliphatic rings. The molecule has 8 nitrogen and oxygen atoms in total. The van der Waals surface area contributed by atoms with Crippen LogP contribution in [0.1, 0.15) is 32.6 Å². The average Bonchev–Trinajstić information content (AvgIpc) is 3.37. The van der Waals surface area contributed by atoms with Crippen LogP contribution in [-0.2, 0) is 24.2 Å². The quantitative estimate of drug-likeness (QED) is 0.340. The normalized spacial score (nSPS) is 15.7. The highest BCUT2D eigenvalue weighted by Crippen LogP contribution is 2.42. The Morgan fingerprint density at radius 2 is 1.90 bits per heavy atom. The van der Waals surface area contributed by atoms with Crippen LogP contribution in [-0.4, -0.2) is 47.6 Å². The molecule has 1 fully saturated rings. The Balaban J connectivity index is 1.77. The summed E-state index contributed by atoms with van der Waals surface area (Å²) in [4.78, 5) is 24.6. The van der Waals surface area contributed by atoms with Gasteiger partial charge in [0.05, 0.1) is 17.3 Å². The van der Waals surface area contributed by atoms with Crippen molar-refractivity contribution in [3.05, 3.63) is 29.3 Å². The van der Waals surface area contributed by atoms with Gasteiger partial charge in [-0.15, -0.1) is 10.2 Å². The lowest BCUT2D eigenvalue weighted by molar-refractivity contribution is -0.139. The average molecular weight is 490 g/mol. The van der Waals surface area contributed by atoms with Gasteiger partial charge in [0.25, 0.3) is 0 Å². The second-order valence-electron chi connectivity index (χ2n) is 6.58. The van der Waals surface area contributed by atoms with Gasteiger partial charge in [-0.2, -0.15) is 0 Å². The number of carbonyl (C=O) groups excluding carboxylic acids is 2. The fourth-order valence-corrected chi connectivity index (χ4v) is 6.99. The molecule has 0 aliphatic heterocycles. The molecule has 0 unspecified atom stereocenters. The minimum absolute atomic E-state index is 0.0619. The van der Waals surface area contributed by atoms with Gasteiger partial charge in [0.15, 0.2) is 18.9 Å². The summed E-state index contributed by atoms with van der Waals surface area (Å²) in [6, 6.07) is 5.82. The van der Waals surface area contributed by atoms with Crippen molar-refractivity contribution in [3.63, 3.8) is 0 Å². The van der Waals surface area contributed by atoms with E-state index in [-0.39, 0.29) is 34.6 Å². The number of ether oxygens (including phenoxy) is 1. The molecule has 1 aliphatic carbocycles. The third kappa shape index (κ3) is 4.79. The zero-order chi connectivity index (χ0) is 21.8. The van der Waals surface area contributed by atoms with E-state index in [4.69, 9.17) is 16.3 Å². The van der Waals surface area contributed by atoms with Crippen molar-refractivity contribution in [1.82, 2.24) is 10.2 Å². The molecule has 162 valence electrons. The van der Waals surface area contributed by atoms with E-state index in [1.807, 2.05) is 0 Å². The Kier molecular flexibility index (Phi) is 7.38. The van der Waals surface area contributed by atoms with E-state index in [0.29, 0.717) is 28.8 Å². The first-order chi connectivity index (χ1) is 14.3. The van der Waals surface area contributed by atoms with Crippen LogP contribution in [0.5, 0.6) is 0 Å². The van der Waals surface area contributed by atoms with Crippen molar-refractivity contribution in [2.24, 2.45) is 0 Å². The molecular formula is C18H20ClN3O5S3. The standard InChI is InChI=1S/C18H20ClN3O5S3/c1-2-27-14(23)11-28-17-22-21-16(29-17)20-15(24)18(9-3-4-10-18)30(25,26)13-7-5-12(19)6-8-13/h5-8H,2-4,9-11H2,1H3,(H,20,21,24). The Morgan fingerprint density at radius 3 is 2.53 bits per heavy atom. The molecule has 0 atom stereocenters. The second kappa shape index (κ2) is 9.63. The molecule has 0 radical (unpaired) electrons. The van der Waals surface area contributed by atoms with Gasteiger partial charge in [0, 0.05) is 5.02 Å². The summed E-state index contributed by atoms with van der Waals surface area (Å²) >= 11 is 8.09. The third-order valence-corrected chi connectivity index (χ3v) is 9.42. The predicted molar refractivity (Wildman–Crippen MR) is 116 cm³/mol. The van der Waals surface area contributed by atoms with Gasteiger partial charge >= 0.3 is 5.97 Å². The van der Waals surface area contributed by atoms with Crippen LogP contribution in [0, 0.1) is 0 Å². The Bertz CT molecular complexity index is 1020. The molecule has 1 amide bonds. The van der Waals surface area contributed by atoms with Crippen molar-refractivity contribution in [2.45, 2.75) is 46.6 Å². The van der Waals surface area contributed by atoms with Crippen molar-refractivity contribution >= 4 is 61.5 Å². The summed E-state index contributed by atoms with van der Waals surface area (Å²) in [5.74, 6) is -0.916. The maximum atomic E-state index is 13.4. The number of carbonyl (C=O) groups is 2. The van der Waals surface area contributed by atoms with Gasteiger partial charge in [-0.1, -0.05) is 47.5 Å². The van der Waals surface area contributed by atoms with Crippen LogP contribution < -0.4 is 5.32 Å². The minimum Gasteiger partial charge on any atom is -0.465 e. The van der Waals surface area contributed by atoms with Crippen LogP contribution in [0.15, 0.2) is 33.5 Å². The van der Waals surface area contributed by atoms with Gasteiger partial charge in [-0.25, -0.2) is 8.42 Å². The number of aromatic nitrogens is 2. The summed E-state index contributed by atoms with van der Waals surface area (Å²) in [5.41, 5.74) is 0. The van der Waals surface area contributed by atoms with Crippen LogP contribution >= 0.6 is 34.7 Å². The lowest BCUT2D eigenvalue weighted by Gasteiger charge is -2.27. The highest BCUT2D eigenvalue weighted by molar-refractivity contribution is 8.01. The number of nitrogens with zero attached hydrogens (tertiary/aromatic N) is 2. The fraction of sp³-hybridized carbons (Fsp3) is 0.444. The molecule has 30 heavy (non-hydrogen) atoms. The summed E-state index contributed by atoms with van der Waals surface area (Å²) in [6.45, 7) is 2.01. The lowest BCUT2D eigenvalue weighted by Crippen LogP contribution is -2.47. The van der Waals surface area contributed by atoms with Crippen LogP contribution in [0.4, 0.5) is 5.13 Å². The fourth-order valence-electron chi connectivity index (χ4n) is 3.26. The molecule has 0 bridgehead atoms. The number of anilines is 1. The Hall–Kier alpha value is -1.69. The number of benzene rings is 1. The number of hydrogen-bond donors (Lipinski definition) is 1. The summed E-state index contributed by atoms with van der Waals surface area (Å²) < 4.78 is 30.5. The number of rotatable bonds is 8. The highest BCUT2D eigenvalue weighted by atomic mass is 35.5. The van der Waals surface area contributed by atoms with Gasteiger partial charge in [-0.05, 0) is 44.0 Å². The number of thioether (sulfide) groups is 1. The maximum absolute atomic E-state index is 13.4. The minimum atomic E-state index is -3.94. The smallest absolute Gasteiger partial charge is 0.316 e. The monoisotopic (exact) mass is 489 g/mol. The van der Waals surface area contributed by atoms with Gasteiger partial charge in [0.1, 0.15) is 0 Å². The molecule has 1 saturated carbocycles. The van der Waals surface area contributed by atoms with Crippen molar-refractivity contribution in [1.29, 1.82) is 0 Å². The SMILES string of the molecule is CCOC(=O)CSc1nnc(NC(=O)C2(S(=O)(=O)c3ccc(Cl)cc3)CCCC2)s1. The molecule has 12 heteroatoms. The molecular weight excluding hydrogens is 470 g/mol. The van der Waals surface area contributed by atoms with Crippen molar-refractivity contribution in [3.8, 4) is 0 Å². The van der Waals surface area contributed by atoms with E-state index in [9.17, 15) is 18.0 Å². The highest BCUT2D eigenvalue weighted by Gasteiger charge is 2.53. The summed E-state index contributed by atoms with van der Waals surface area (Å²) in [6.07, 6.45) is 1.73. The van der Waals surface area contributed by atoms with E-state index < -0.39 is 20.5 Å². The van der Waals surface area contributed by atoms with Crippen LogP contribution in [0.3, 0.4) is 0 Å². The zero-order valence-corrected chi connectivity index (χ0v) is 19.3. The van der Waals surface area contributed by atoms with Gasteiger partial charge in [-0.3, -0.25) is 14.9 Å². The third-order valence-electron chi connectivity index (χ3n) is 4.71. The van der Waals surface area contributed by atoms with Crippen molar-refractivity contribution in [2.75, 3.05) is 17.7 Å². The molecule has 0 spiro atoms. The number of halogens is 1. The zero-order valence-electron chi connectivity index (χ0n) is 16.1. The van der Waals surface area contributed by atoms with E-state index in [1.165, 1.54) is 24.3 Å². The molecule has 2 aromatic rings. The lowest BCUT2D eigenvalue weighted by atomic mass is 10.1. The molecule has 1 aromatic carbocycles. The first-order valence-electron chi connectivity index (χ1n) is 9.22. The summed E-state index contributed by atoms with van der Waals surface area (Å²) in [5, 5.41) is 11.0. The number of hydrogen-bond acceptors (Lipinski definition) is 9. The molecule has 1 N–H and O–H groups in total. The molecule has 1 heterocycles. The predicted octanol–water partition coefficient (Wildman–Crippen LogP) is 3.57. The van der Waals surface area contributed by atoms with Crippen LogP contribution in [0.25, 0.3) is 0 Å². The number of amides is 1. The largest absolute Gasteiger partial charge is 0.465 e. The van der Waals surface area contributed by atoms with E-state index in [2.05, 4.69) is 15.5 Å². The van der Waals surface area contributed by atoms with E-state index >= 15 is 0 Å². The van der Waals surface area contributed by atoms with Gasteiger partial charge < -0.3 is 4.74 Å². The van der Waals surface area contributed by atoms with Crippen molar-refractivity contribution < 1.29 is 22.7 Å². The molecule has 0 saturated heterocycles. The second-order valence-corrected chi connectivity index (χ2v) is 11.5. The number of nitrogens with one attached hydrogen (secondary N) is 1. The Labute approximate surface area is 187 Å². The first kappa shape index (κ1) is 23.0. The van der Waals surface area contributed by atoms with Gasteiger partial charge in [0.2, 0.25) is 11.0 Å². The first-order valence-corrected chi connectivity index (χ1v) is 12.9. The molecule has 3 rings (SSSR count). The molecule has 1 aromatic heterocycles. The topological polar surface area (TPSA) is 115 Å². The number of esters is 1. The van der Waals surface area contributed by atoms with Crippen LogP contribution in [0.2, 0.25) is 5.02 Å². The number of sulfone groups is 1. The Morgan fingerprint density at radius 1 is 1.23 bits per heavy atom.